The lowest BCUT2D eigenvalue weighted by molar-refractivity contribution is 0.0555. The van der Waals surface area contributed by atoms with Gasteiger partial charge in [0.2, 0.25) is 0 Å². The van der Waals surface area contributed by atoms with Gasteiger partial charge in [-0.15, -0.1) is 0 Å². The largest absolute Gasteiger partial charge is 0.396 e. The molecular weight excluding hydrogens is 312 g/mol. The predicted molar refractivity (Wildman–Crippen MR) is 97.5 cm³/mol. The number of fused-ring (bicyclic) bond motifs is 1. The van der Waals surface area contributed by atoms with Gasteiger partial charge in [-0.1, -0.05) is 48.5 Å². The first-order chi connectivity index (χ1) is 12.3. The first kappa shape index (κ1) is 16.3. The zero-order valence-electron chi connectivity index (χ0n) is 14.3. The molecule has 2 aromatic rings. The molecule has 0 aromatic heterocycles. The van der Waals surface area contributed by atoms with Gasteiger partial charge >= 0.3 is 0 Å². The molecule has 2 aliphatic heterocycles. The lowest BCUT2D eigenvalue weighted by Crippen LogP contribution is -2.53. The first-order valence-electron chi connectivity index (χ1n) is 9.02. The lowest BCUT2D eigenvalue weighted by Gasteiger charge is -2.39. The molecule has 2 aromatic carbocycles. The molecule has 4 nitrogen and oxygen atoms in total. The molecule has 2 saturated heterocycles. The van der Waals surface area contributed by atoms with Gasteiger partial charge in [-0.3, -0.25) is 9.69 Å². The summed E-state index contributed by atoms with van der Waals surface area (Å²) >= 11 is 0. The highest BCUT2D eigenvalue weighted by Crippen LogP contribution is 2.39. The number of hydrogen-bond acceptors (Lipinski definition) is 3. The second kappa shape index (κ2) is 6.98. The lowest BCUT2D eigenvalue weighted by atomic mass is 9.84. The molecule has 2 heterocycles. The third-order valence-electron chi connectivity index (χ3n) is 5.65. The molecule has 4 heteroatoms. The van der Waals surface area contributed by atoms with E-state index in [-0.39, 0.29) is 30.4 Å². The van der Waals surface area contributed by atoms with Gasteiger partial charge in [0.1, 0.15) is 0 Å². The minimum Gasteiger partial charge on any atom is -0.396 e. The molecule has 2 aliphatic rings. The van der Waals surface area contributed by atoms with E-state index in [1.54, 1.807) is 0 Å². The van der Waals surface area contributed by atoms with E-state index >= 15 is 0 Å². The summed E-state index contributed by atoms with van der Waals surface area (Å²) in [6.45, 7) is 3.46. The van der Waals surface area contributed by atoms with Gasteiger partial charge in [-0.2, -0.15) is 0 Å². The van der Waals surface area contributed by atoms with Crippen molar-refractivity contribution in [1.29, 1.82) is 0 Å². The summed E-state index contributed by atoms with van der Waals surface area (Å²) in [5, 5.41) is 9.89. The van der Waals surface area contributed by atoms with E-state index in [0.29, 0.717) is 0 Å². The number of benzene rings is 2. The molecule has 0 bridgehead atoms. The van der Waals surface area contributed by atoms with Gasteiger partial charge < -0.3 is 10.0 Å². The highest BCUT2D eigenvalue weighted by Gasteiger charge is 2.45. The number of carbonyl (C=O) groups excluding carboxylic acids is 1. The van der Waals surface area contributed by atoms with Crippen molar-refractivity contribution >= 4 is 5.91 Å². The van der Waals surface area contributed by atoms with Crippen LogP contribution in [0.5, 0.6) is 0 Å². The quantitative estimate of drug-likeness (QED) is 0.935. The number of rotatable bonds is 3. The minimum atomic E-state index is 0.111. The van der Waals surface area contributed by atoms with Crippen LogP contribution in [0.3, 0.4) is 0 Å². The van der Waals surface area contributed by atoms with Crippen LogP contribution in [0.25, 0.3) is 0 Å². The average Bonchev–Trinajstić information content (AvgIpc) is 3.06. The van der Waals surface area contributed by atoms with Crippen molar-refractivity contribution < 1.29 is 9.90 Å². The molecular formula is C21H24N2O2. The molecule has 130 valence electrons. The summed E-state index contributed by atoms with van der Waals surface area (Å²) in [5.74, 6) is 0.622. The van der Waals surface area contributed by atoms with Gasteiger partial charge in [-0.25, -0.2) is 0 Å². The van der Waals surface area contributed by atoms with E-state index in [1.165, 1.54) is 5.56 Å². The molecule has 0 aliphatic carbocycles. The summed E-state index contributed by atoms with van der Waals surface area (Å²) in [4.78, 5) is 17.3. The van der Waals surface area contributed by atoms with Crippen LogP contribution in [0.1, 0.15) is 21.8 Å². The van der Waals surface area contributed by atoms with E-state index in [1.807, 2.05) is 41.3 Å². The second-order valence-electron chi connectivity index (χ2n) is 7.06. The number of hydrogen-bond donors (Lipinski definition) is 1. The Kier molecular flexibility index (Phi) is 4.55. The Morgan fingerprint density at radius 1 is 0.960 bits per heavy atom. The van der Waals surface area contributed by atoms with Gasteiger partial charge in [0, 0.05) is 56.2 Å². The van der Waals surface area contributed by atoms with E-state index in [2.05, 4.69) is 29.2 Å². The van der Waals surface area contributed by atoms with Crippen LogP contribution in [-0.2, 0) is 0 Å². The Hall–Kier alpha value is -2.17. The second-order valence-corrected chi connectivity index (χ2v) is 7.06. The van der Waals surface area contributed by atoms with Crippen LogP contribution in [0.15, 0.2) is 60.7 Å². The van der Waals surface area contributed by atoms with E-state index in [4.69, 9.17) is 0 Å². The standard InChI is InChI=1S/C21H24N2O2/c24-15-18-13-22-11-12-23(21(25)17-9-5-2-6-10-17)14-19(22)20(18)16-7-3-1-4-8-16/h1-10,18-20,24H,11-15H2/t18-,19+,20-/m0/s1. The average molecular weight is 336 g/mol. The van der Waals surface area contributed by atoms with Crippen LogP contribution >= 0.6 is 0 Å². The fraction of sp³-hybridized carbons (Fsp3) is 0.381. The van der Waals surface area contributed by atoms with Crippen molar-refractivity contribution in [3.63, 3.8) is 0 Å². The zero-order valence-corrected chi connectivity index (χ0v) is 14.3. The van der Waals surface area contributed by atoms with Gasteiger partial charge in [-0.05, 0) is 17.7 Å². The third-order valence-corrected chi connectivity index (χ3v) is 5.65. The van der Waals surface area contributed by atoms with E-state index in [9.17, 15) is 9.90 Å². The zero-order chi connectivity index (χ0) is 17.2. The topological polar surface area (TPSA) is 43.8 Å². The molecule has 3 atom stereocenters. The van der Waals surface area contributed by atoms with Gasteiger partial charge in [0.25, 0.3) is 5.91 Å². The first-order valence-corrected chi connectivity index (χ1v) is 9.02. The molecule has 0 saturated carbocycles. The monoisotopic (exact) mass is 336 g/mol. The smallest absolute Gasteiger partial charge is 0.253 e. The molecule has 0 unspecified atom stereocenters. The summed E-state index contributed by atoms with van der Waals surface area (Å²) in [7, 11) is 0. The van der Waals surface area contributed by atoms with Crippen molar-refractivity contribution in [2.75, 3.05) is 32.8 Å². The SMILES string of the molecule is O=C(c1ccccc1)N1CCN2C[C@@H](CO)[C@H](c3ccccc3)[C@H]2C1. The summed E-state index contributed by atoms with van der Waals surface area (Å²) in [6.07, 6.45) is 0. The van der Waals surface area contributed by atoms with Crippen molar-refractivity contribution in [3.8, 4) is 0 Å². The van der Waals surface area contributed by atoms with E-state index in [0.717, 1.165) is 31.7 Å². The van der Waals surface area contributed by atoms with Crippen LogP contribution in [0, 0.1) is 5.92 Å². The molecule has 1 amide bonds. The van der Waals surface area contributed by atoms with Gasteiger partial charge in [0.05, 0.1) is 0 Å². The highest BCUT2D eigenvalue weighted by molar-refractivity contribution is 5.94. The molecule has 1 N–H and O–H groups in total. The highest BCUT2D eigenvalue weighted by atomic mass is 16.3. The normalized spacial score (nSPS) is 26.4. The summed E-state index contributed by atoms with van der Waals surface area (Å²) in [6, 6.07) is 20.2. The van der Waals surface area contributed by atoms with Crippen molar-refractivity contribution in [2.45, 2.75) is 12.0 Å². The number of piperazine rings is 1. The van der Waals surface area contributed by atoms with Crippen LogP contribution < -0.4 is 0 Å². The molecule has 4 rings (SSSR count). The Morgan fingerprint density at radius 3 is 2.32 bits per heavy atom. The Balaban J connectivity index is 1.58. The molecule has 2 fully saturated rings. The number of amides is 1. The van der Waals surface area contributed by atoms with Crippen molar-refractivity contribution in [2.24, 2.45) is 5.92 Å². The van der Waals surface area contributed by atoms with Crippen molar-refractivity contribution in [1.82, 2.24) is 9.80 Å². The van der Waals surface area contributed by atoms with Crippen LogP contribution in [0.4, 0.5) is 0 Å². The minimum absolute atomic E-state index is 0.111. The predicted octanol–water partition coefficient (Wildman–Crippen LogP) is 2.22. The third kappa shape index (κ3) is 3.08. The Bertz CT molecular complexity index is 719. The molecule has 0 spiro atoms. The Morgan fingerprint density at radius 2 is 1.64 bits per heavy atom. The van der Waals surface area contributed by atoms with Crippen LogP contribution in [-0.4, -0.2) is 59.6 Å². The number of carbonyl (C=O) groups is 1. The summed E-state index contributed by atoms with van der Waals surface area (Å²) < 4.78 is 0. The summed E-state index contributed by atoms with van der Waals surface area (Å²) in [5.41, 5.74) is 2.02. The van der Waals surface area contributed by atoms with Gasteiger partial charge in [0.15, 0.2) is 0 Å². The Labute approximate surface area is 148 Å². The number of nitrogens with zero attached hydrogens (tertiary/aromatic N) is 2. The fourth-order valence-electron chi connectivity index (χ4n) is 4.43. The van der Waals surface area contributed by atoms with E-state index < -0.39 is 0 Å². The molecule has 25 heavy (non-hydrogen) atoms. The fourth-order valence-corrected chi connectivity index (χ4v) is 4.43. The molecule has 0 radical (unpaired) electrons. The number of aliphatic hydroxyl groups is 1. The maximum absolute atomic E-state index is 12.8. The maximum Gasteiger partial charge on any atom is 0.253 e. The van der Waals surface area contributed by atoms with Crippen molar-refractivity contribution in [3.05, 3.63) is 71.8 Å². The maximum atomic E-state index is 12.8. The van der Waals surface area contributed by atoms with Crippen LogP contribution in [0.2, 0.25) is 0 Å². The number of aliphatic hydroxyl groups excluding tert-OH is 1.